The predicted octanol–water partition coefficient (Wildman–Crippen LogP) is 2.31. The van der Waals surface area contributed by atoms with Crippen LogP contribution in [0.4, 0.5) is 10.6 Å². The molecule has 16 nitrogen and oxygen atoms in total. The summed E-state index contributed by atoms with van der Waals surface area (Å²) in [5, 5.41) is 27.0. The number of carbonyl (C=O) groups is 1. The van der Waals surface area contributed by atoms with Gasteiger partial charge >= 0.3 is 21.2 Å². The number of amides is 2. The fourth-order valence-corrected chi connectivity index (χ4v) is 11.4. The van der Waals surface area contributed by atoms with Crippen LogP contribution in [-0.2, 0) is 18.4 Å². The van der Waals surface area contributed by atoms with Crippen LogP contribution < -0.4 is 10.6 Å². The van der Waals surface area contributed by atoms with E-state index in [2.05, 4.69) is 39.4 Å². The van der Waals surface area contributed by atoms with Crippen molar-refractivity contribution in [2.45, 2.75) is 82.5 Å². The van der Waals surface area contributed by atoms with Crippen molar-refractivity contribution >= 4 is 49.8 Å². The third kappa shape index (κ3) is 6.24. The van der Waals surface area contributed by atoms with Gasteiger partial charge in [0.25, 0.3) is 0 Å². The molecule has 5 aliphatic rings. The van der Waals surface area contributed by atoms with Crippen molar-refractivity contribution in [2.24, 2.45) is 16.7 Å². The van der Waals surface area contributed by atoms with Crippen LogP contribution in [0.5, 0.6) is 0 Å². The van der Waals surface area contributed by atoms with Gasteiger partial charge in [-0.2, -0.15) is 9.97 Å². The fraction of sp³-hybridized carbons (Fsp3) is 0.750. The molecule has 238 valence electrons. The van der Waals surface area contributed by atoms with E-state index in [0.717, 1.165) is 25.7 Å². The quantitative estimate of drug-likeness (QED) is 0.159. The summed E-state index contributed by atoms with van der Waals surface area (Å²) in [5.41, 5.74) is 0.262. The molecule has 19 heteroatoms. The Balaban J connectivity index is 1.18. The first-order valence-electron chi connectivity index (χ1n) is 13.9. The van der Waals surface area contributed by atoms with Crippen molar-refractivity contribution in [3.8, 4) is 0 Å². The highest BCUT2D eigenvalue weighted by molar-refractivity contribution is 7.70. The first kappa shape index (κ1) is 31.3. The molecule has 2 aromatic heterocycles. The van der Waals surface area contributed by atoms with Gasteiger partial charge < -0.3 is 39.5 Å². The number of aromatic nitrogens is 4. The average molecular weight is 665 g/mol. The highest BCUT2D eigenvalue weighted by atomic mass is 35.5. The summed E-state index contributed by atoms with van der Waals surface area (Å²) in [7, 11) is -9.59. The summed E-state index contributed by atoms with van der Waals surface area (Å²) in [6.07, 6.45) is 1.64. The van der Waals surface area contributed by atoms with Gasteiger partial charge in [-0.25, -0.2) is 9.78 Å². The summed E-state index contributed by atoms with van der Waals surface area (Å²) < 4.78 is 34.8. The van der Waals surface area contributed by atoms with E-state index >= 15 is 0 Å². The van der Waals surface area contributed by atoms with Crippen molar-refractivity contribution in [3.63, 3.8) is 0 Å². The van der Waals surface area contributed by atoms with E-state index in [1.807, 2.05) is 0 Å². The molecule has 0 spiro atoms. The van der Waals surface area contributed by atoms with Gasteiger partial charge in [0.1, 0.15) is 18.3 Å². The van der Waals surface area contributed by atoms with E-state index < -0.39 is 58.3 Å². The van der Waals surface area contributed by atoms with Gasteiger partial charge in [0, 0.05) is 5.54 Å². The lowest BCUT2D eigenvalue weighted by Gasteiger charge is -2.65. The summed E-state index contributed by atoms with van der Waals surface area (Å²) in [6.45, 7) is 3.86. The molecule has 0 aromatic carbocycles. The maximum absolute atomic E-state index is 13.3. The zero-order chi connectivity index (χ0) is 31.2. The normalized spacial score (nSPS) is 38.4. The molecule has 1 saturated heterocycles. The lowest BCUT2D eigenvalue weighted by molar-refractivity contribution is -0.113. The van der Waals surface area contributed by atoms with Gasteiger partial charge in [0.15, 0.2) is 29.1 Å². The van der Waals surface area contributed by atoms with Gasteiger partial charge in [-0.05, 0) is 66.9 Å². The number of hydrogen-bond donors (Lipinski definition) is 7. The molecule has 4 saturated carbocycles. The second-order valence-corrected chi connectivity index (χ2v) is 17.8. The largest absolute Gasteiger partial charge is 0.387 e. The van der Waals surface area contributed by atoms with Crippen molar-refractivity contribution < 1.29 is 48.1 Å². The number of rotatable bonds is 8. The van der Waals surface area contributed by atoms with Crippen LogP contribution in [0.1, 0.15) is 58.6 Å². The maximum Gasteiger partial charge on any atom is 0.340 e. The topological polar surface area (TPSA) is 238 Å². The lowest BCUT2D eigenvalue weighted by atomic mass is 9.43. The number of fused-ring (bicyclic) bond motifs is 1. The Hall–Kier alpha value is -1.71. The Morgan fingerprint density at radius 1 is 1.12 bits per heavy atom. The van der Waals surface area contributed by atoms with Crippen LogP contribution in [0.3, 0.4) is 0 Å². The van der Waals surface area contributed by atoms with E-state index in [0.29, 0.717) is 5.92 Å². The zero-order valence-electron chi connectivity index (χ0n) is 23.5. The lowest BCUT2D eigenvalue weighted by Crippen LogP contribution is -2.65. The molecule has 3 unspecified atom stereocenters. The number of aliphatic hydroxyl groups is 2. The van der Waals surface area contributed by atoms with Crippen LogP contribution in [0.2, 0.25) is 5.28 Å². The molecule has 7 N–H and O–H groups in total. The summed E-state index contributed by atoms with van der Waals surface area (Å²) in [4.78, 5) is 53.6. The van der Waals surface area contributed by atoms with Crippen molar-refractivity contribution in [1.29, 1.82) is 0 Å². The number of halogens is 1. The monoisotopic (exact) mass is 664 g/mol. The van der Waals surface area contributed by atoms with E-state index in [1.54, 1.807) is 0 Å². The smallest absolute Gasteiger partial charge is 0.340 e. The minimum Gasteiger partial charge on any atom is -0.387 e. The van der Waals surface area contributed by atoms with Crippen LogP contribution in [-0.4, -0.2) is 86.8 Å². The molecule has 7 rings (SSSR count). The van der Waals surface area contributed by atoms with Crippen LogP contribution >= 0.6 is 26.8 Å². The van der Waals surface area contributed by atoms with E-state index in [1.165, 1.54) is 23.7 Å². The van der Waals surface area contributed by atoms with Gasteiger partial charge in [0.05, 0.1) is 12.9 Å². The first-order valence-corrected chi connectivity index (χ1v) is 17.8. The second kappa shape index (κ2) is 10.4. The summed E-state index contributed by atoms with van der Waals surface area (Å²) >= 11 is 6.20. The highest BCUT2D eigenvalue weighted by Crippen LogP contribution is 2.66. The summed E-state index contributed by atoms with van der Waals surface area (Å²) in [5.74, 6) is -0.819. The molecule has 43 heavy (non-hydrogen) atoms. The zero-order valence-corrected chi connectivity index (χ0v) is 26.0. The molecule has 1 aliphatic heterocycles. The molecule has 4 aliphatic carbocycles. The van der Waals surface area contributed by atoms with Crippen LogP contribution in [0.15, 0.2) is 6.33 Å². The average Bonchev–Trinajstić information content (AvgIpc) is 3.34. The fourth-order valence-electron chi connectivity index (χ4n) is 8.69. The molecule has 2 amide bonds. The van der Waals surface area contributed by atoms with Crippen LogP contribution in [0, 0.1) is 16.7 Å². The number of hydrogen-bond acceptors (Lipinski definition) is 10. The number of carbonyl (C=O) groups excluding carboxylic acids is 1. The van der Waals surface area contributed by atoms with Gasteiger partial charge in [-0.1, -0.05) is 13.8 Å². The number of anilines is 1. The third-order valence-corrected chi connectivity index (χ3v) is 12.7. The van der Waals surface area contributed by atoms with Gasteiger partial charge in [0.2, 0.25) is 5.28 Å². The molecular formula is C24H35ClN6O10P2. The van der Waals surface area contributed by atoms with E-state index in [4.69, 9.17) is 30.6 Å². The third-order valence-electron chi connectivity index (χ3n) is 9.05. The number of urea groups is 1. The second-order valence-electron chi connectivity index (χ2n) is 13.4. The number of nitrogens with one attached hydrogen (secondary N) is 2. The Morgan fingerprint density at radius 3 is 2.42 bits per heavy atom. The molecular weight excluding hydrogens is 630 g/mol. The maximum atomic E-state index is 13.3. The minimum absolute atomic E-state index is 0.0278. The van der Waals surface area contributed by atoms with Crippen molar-refractivity contribution in [1.82, 2.24) is 24.8 Å². The first-order chi connectivity index (χ1) is 19.9. The highest BCUT2D eigenvalue weighted by Gasteiger charge is 2.60. The molecule has 5 fully saturated rings. The molecule has 9 atom stereocenters. The Morgan fingerprint density at radius 2 is 1.79 bits per heavy atom. The number of aliphatic hydroxyl groups excluding tert-OH is 2. The van der Waals surface area contributed by atoms with Gasteiger partial charge in [-0.3, -0.25) is 19.0 Å². The Kier molecular flexibility index (Phi) is 7.57. The van der Waals surface area contributed by atoms with Crippen molar-refractivity contribution in [2.75, 3.05) is 17.8 Å². The number of imidazole rings is 1. The SMILES string of the molecule is C[C@]12C[C@@H]3C[C@](C)(C1)C[C@@](NC(=O)Nc1nc(Cl)nc4c1ncn4[C@@H]1O[C@H](COP(=O)(O)CP(=O)(O)O)C(O)C1O)(C3)C2. The predicted molar refractivity (Wildman–Crippen MR) is 151 cm³/mol. The Labute approximate surface area is 251 Å². The van der Waals surface area contributed by atoms with E-state index in [9.17, 15) is 29.0 Å². The number of ether oxygens (including phenoxy) is 1. The molecule has 0 radical (unpaired) electrons. The number of nitrogens with zero attached hydrogens (tertiary/aromatic N) is 4. The van der Waals surface area contributed by atoms with E-state index in [-0.39, 0.29) is 38.6 Å². The van der Waals surface area contributed by atoms with Crippen LogP contribution in [0.25, 0.3) is 11.2 Å². The minimum atomic E-state index is -4.86. The standard InChI is InChI=1S/C24H35ClN6O10P2/c1-22-3-12-4-23(2,7-22)9-24(5-12,8-22)30-21(34)28-17-14-18(29-20(25)27-17)31(10-26-14)19-16(33)15(32)13(41-19)6-40-43(38,39)11-42(35,36)37/h10,12-13,15-16,19,32-33H,3-9,11H2,1-2H3,(H,38,39)(H2,35,36,37)(H2,27,28,29,30,34)/t12-,13-,15?,16?,19-,22+,23-,24-/m1/s1. The summed E-state index contributed by atoms with van der Waals surface area (Å²) in [6, 6.07) is -0.451. The van der Waals surface area contributed by atoms with Crippen molar-refractivity contribution in [3.05, 3.63) is 11.6 Å². The Bertz CT molecular complexity index is 1540. The molecule has 4 bridgehead atoms. The molecule has 2 aromatic rings. The molecule has 3 heterocycles. The van der Waals surface area contributed by atoms with Gasteiger partial charge in [-0.15, -0.1) is 0 Å².